The standard InChI is InChI=1S/C10H10N2O2S/c13-4-8-1-2-10(3-11-8)14-5-9-6-15-7-12-9/h1-3,6-7,13H,4-5H2. The fraction of sp³-hybridized carbons (Fsp3) is 0.200. The van der Waals surface area contributed by atoms with Gasteiger partial charge in [-0.25, -0.2) is 4.98 Å². The molecule has 0 aromatic carbocycles. The molecule has 0 radical (unpaired) electrons. The Morgan fingerprint density at radius 3 is 2.80 bits per heavy atom. The van der Waals surface area contributed by atoms with Crippen LogP contribution in [0, 0.1) is 0 Å². The summed E-state index contributed by atoms with van der Waals surface area (Å²) in [5, 5.41) is 10.7. The fourth-order valence-corrected chi connectivity index (χ4v) is 1.60. The highest BCUT2D eigenvalue weighted by molar-refractivity contribution is 7.07. The van der Waals surface area contributed by atoms with Crippen molar-refractivity contribution in [3.8, 4) is 5.75 Å². The van der Waals surface area contributed by atoms with Gasteiger partial charge < -0.3 is 9.84 Å². The van der Waals surface area contributed by atoms with Crippen LogP contribution >= 0.6 is 11.3 Å². The topological polar surface area (TPSA) is 55.2 Å². The van der Waals surface area contributed by atoms with E-state index in [2.05, 4.69) is 9.97 Å². The van der Waals surface area contributed by atoms with Crippen LogP contribution in [0.1, 0.15) is 11.4 Å². The van der Waals surface area contributed by atoms with E-state index in [1.54, 1.807) is 35.2 Å². The highest BCUT2D eigenvalue weighted by atomic mass is 32.1. The van der Waals surface area contributed by atoms with E-state index in [1.807, 2.05) is 5.38 Å². The van der Waals surface area contributed by atoms with Gasteiger partial charge in [0.25, 0.3) is 0 Å². The first-order valence-electron chi connectivity index (χ1n) is 4.44. The number of thiazole rings is 1. The first kappa shape index (κ1) is 10.1. The van der Waals surface area contributed by atoms with E-state index in [4.69, 9.17) is 9.84 Å². The molecular formula is C10H10N2O2S. The number of hydrogen-bond donors (Lipinski definition) is 1. The molecule has 1 N–H and O–H groups in total. The summed E-state index contributed by atoms with van der Waals surface area (Å²) in [5.74, 6) is 0.681. The summed E-state index contributed by atoms with van der Waals surface area (Å²) in [7, 11) is 0. The summed E-state index contributed by atoms with van der Waals surface area (Å²) in [6.45, 7) is 0.399. The van der Waals surface area contributed by atoms with E-state index in [9.17, 15) is 0 Å². The zero-order chi connectivity index (χ0) is 10.5. The Hall–Kier alpha value is -1.46. The van der Waals surface area contributed by atoms with Crippen LogP contribution in [-0.4, -0.2) is 15.1 Å². The third kappa shape index (κ3) is 2.74. The lowest BCUT2D eigenvalue weighted by Gasteiger charge is -2.03. The third-order valence-electron chi connectivity index (χ3n) is 1.83. The zero-order valence-electron chi connectivity index (χ0n) is 7.96. The fourth-order valence-electron chi connectivity index (χ4n) is 1.06. The van der Waals surface area contributed by atoms with Gasteiger partial charge in [-0.1, -0.05) is 0 Å². The zero-order valence-corrected chi connectivity index (χ0v) is 8.78. The van der Waals surface area contributed by atoms with E-state index in [0.29, 0.717) is 18.1 Å². The summed E-state index contributed by atoms with van der Waals surface area (Å²) in [5.41, 5.74) is 3.31. The molecule has 0 saturated heterocycles. The van der Waals surface area contributed by atoms with Crippen molar-refractivity contribution in [1.29, 1.82) is 0 Å². The van der Waals surface area contributed by atoms with Crippen molar-refractivity contribution >= 4 is 11.3 Å². The summed E-state index contributed by atoms with van der Waals surface area (Å²) < 4.78 is 5.45. The lowest BCUT2D eigenvalue weighted by molar-refractivity contribution is 0.274. The Morgan fingerprint density at radius 1 is 1.27 bits per heavy atom. The number of aromatic nitrogens is 2. The third-order valence-corrected chi connectivity index (χ3v) is 2.47. The average molecular weight is 222 g/mol. The van der Waals surface area contributed by atoms with Crippen LogP contribution in [0.4, 0.5) is 0 Å². The molecule has 0 aliphatic rings. The van der Waals surface area contributed by atoms with Crippen molar-refractivity contribution in [2.24, 2.45) is 0 Å². The number of aliphatic hydroxyl groups is 1. The number of ether oxygens (including phenoxy) is 1. The quantitative estimate of drug-likeness (QED) is 0.853. The maximum atomic E-state index is 8.80. The van der Waals surface area contributed by atoms with E-state index < -0.39 is 0 Å². The molecule has 0 spiro atoms. The number of pyridine rings is 1. The largest absolute Gasteiger partial charge is 0.486 e. The van der Waals surface area contributed by atoms with Gasteiger partial charge in [0.1, 0.15) is 12.4 Å². The van der Waals surface area contributed by atoms with E-state index in [-0.39, 0.29) is 6.61 Å². The van der Waals surface area contributed by atoms with Gasteiger partial charge in [-0.3, -0.25) is 4.98 Å². The maximum Gasteiger partial charge on any atom is 0.138 e. The monoisotopic (exact) mass is 222 g/mol. The van der Waals surface area contributed by atoms with Crippen molar-refractivity contribution in [1.82, 2.24) is 9.97 Å². The average Bonchev–Trinajstić information content (AvgIpc) is 2.80. The number of nitrogens with zero attached hydrogens (tertiary/aromatic N) is 2. The van der Waals surface area contributed by atoms with Crippen LogP contribution < -0.4 is 4.74 Å². The Kier molecular flexibility index (Phi) is 3.26. The molecule has 0 fully saturated rings. The lowest BCUT2D eigenvalue weighted by Crippen LogP contribution is -1.96. The molecular weight excluding hydrogens is 212 g/mol. The normalized spacial score (nSPS) is 10.2. The number of aliphatic hydroxyl groups excluding tert-OH is 1. The van der Waals surface area contributed by atoms with Gasteiger partial charge in [0.2, 0.25) is 0 Å². The Morgan fingerprint density at radius 2 is 2.20 bits per heavy atom. The van der Waals surface area contributed by atoms with Gasteiger partial charge in [0.05, 0.1) is 29.7 Å². The molecule has 78 valence electrons. The molecule has 0 aliphatic carbocycles. The maximum absolute atomic E-state index is 8.80. The lowest BCUT2D eigenvalue weighted by atomic mass is 10.3. The van der Waals surface area contributed by atoms with Gasteiger partial charge in [-0.2, -0.15) is 0 Å². The summed E-state index contributed by atoms with van der Waals surface area (Å²) in [6, 6.07) is 3.52. The molecule has 0 aliphatic heterocycles. The minimum atomic E-state index is -0.0492. The molecule has 0 atom stereocenters. The molecule has 2 rings (SSSR count). The SMILES string of the molecule is OCc1ccc(OCc2cscn2)cn1. The van der Waals surface area contributed by atoms with E-state index in [1.165, 1.54) is 0 Å². The summed E-state index contributed by atoms with van der Waals surface area (Å²) >= 11 is 1.54. The summed E-state index contributed by atoms with van der Waals surface area (Å²) in [4.78, 5) is 8.10. The van der Waals surface area contributed by atoms with Gasteiger partial charge >= 0.3 is 0 Å². The Labute approximate surface area is 91.2 Å². The molecule has 2 aromatic rings. The van der Waals surface area contributed by atoms with E-state index >= 15 is 0 Å². The Balaban J connectivity index is 1.93. The van der Waals surface area contributed by atoms with Crippen LogP contribution in [0.15, 0.2) is 29.2 Å². The van der Waals surface area contributed by atoms with Crippen molar-refractivity contribution in [2.45, 2.75) is 13.2 Å². The first-order chi connectivity index (χ1) is 7.38. The van der Waals surface area contributed by atoms with E-state index in [0.717, 1.165) is 5.69 Å². The molecule has 0 unspecified atom stereocenters. The summed E-state index contributed by atoms with van der Waals surface area (Å²) in [6.07, 6.45) is 1.60. The number of rotatable bonds is 4. The number of hydrogen-bond acceptors (Lipinski definition) is 5. The van der Waals surface area contributed by atoms with Gasteiger partial charge in [-0.15, -0.1) is 11.3 Å². The highest BCUT2D eigenvalue weighted by Crippen LogP contribution is 2.11. The van der Waals surface area contributed by atoms with Crippen LogP contribution in [-0.2, 0) is 13.2 Å². The van der Waals surface area contributed by atoms with Gasteiger partial charge in [0, 0.05) is 5.38 Å². The van der Waals surface area contributed by atoms with Gasteiger partial charge in [-0.05, 0) is 12.1 Å². The molecule has 2 aromatic heterocycles. The van der Waals surface area contributed by atoms with Crippen molar-refractivity contribution in [3.05, 3.63) is 40.6 Å². The molecule has 2 heterocycles. The van der Waals surface area contributed by atoms with Crippen LogP contribution in [0.3, 0.4) is 0 Å². The molecule has 0 amide bonds. The molecule has 15 heavy (non-hydrogen) atoms. The second-order valence-electron chi connectivity index (χ2n) is 2.91. The highest BCUT2D eigenvalue weighted by Gasteiger charge is 1.98. The predicted molar refractivity (Wildman–Crippen MR) is 56.6 cm³/mol. The minimum absolute atomic E-state index is 0.0492. The van der Waals surface area contributed by atoms with Crippen molar-refractivity contribution in [2.75, 3.05) is 0 Å². The second-order valence-corrected chi connectivity index (χ2v) is 3.63. The molecule has 5 heteroatoms. The minimum Gasteiger partial charge on any atom is -0.486 e. The second kappa shape index (κ2) is 4.86. The predicted octanol–water partition coefficient (Wildman–Crippen LogP) is 1.61. The molecule has 0 bridgehead atoms. The van der Waals surface area contributed by atoms with Gasteiger partial charge in [0.15, 0.2) is 0 Å². The smallest absolute Gasteiger partial charge is 0.138 e. The van der Waals surface area contributed by atoms with Crippen LogP contribution in [0.2, 0.25) is 0 Å². The Bertz CT molecular complexity index is 400. The molecule has 4 nitrogen and oxygen atoms in total. The van der Waals surface area contributed by atoms with Crippen LogP contribution in [0.25, 0.3) is 0 Å². The van der Waals surface area contributed by atoms with Crippen LogP contribution in [0.5, 0.6) is 5.75 Å². The first-order valence-corrected chi connectivity index (χ1v) is 5.38. The molecule has 0 saturated carbocycles. The van der Waals surface area contributed by atoms with Crippen molar-refractivity contribution in [3.63, 3.8) is 0 Å². The van der Waals surface area contributed by atoms with Crippen molar-refractivity contribution < 1.29 is 9.84 Å².